The number of carbonyl (C=O) groups is 5. The molecule has 0 bridgehead atoms. The first-order valence-corrected chi connectivity index (χ1v) is 9.75. The monoisotopic (exact) mass is 472 g/mol. The molecule has 1 heterocycles. The predicted molar refractivity (Wildman–Crippen MR) is 114 cm³/mol. The van der Waals surface area contributed by atoms with Gasteiger partial charge in [0.1, 0.15) is 6.54 Å². The topological polar surface area (TPSA) is 156 Å². The van der Waals surface area contributed by atoms with Crippen molar-refractivity contribution in [1.29, 1.82) is 0 Å². The summed E-state index contributed by atoms with van der Waals surface area (Å²) in [7, 11) is 2.33. The molecule has 0 fully saturated rings. The van der Waals surface area contributed by atoms with Gasteiger partial charge in [-0.15, -0.1) is 0 Å². The Morgan fingerprint density at radius 3 is 2.15 bits per heavy atom. The van der Waals surface area contributed by atoms with Crippen LogP contribution in [0.25, 0.3) is 0 Å². The fourth-order valence-corrected chi connectivity index (χ4v) is 2.86. The molecule has 0 spiro atoms. The maximum absolute atomic E-state index is 12.2. The molecule has 12 heteroatoms. The molecule has 0 saturated heterocycles. The van der Waals surface area contributed by atoms with Gasteiger partial charge < -0.3 is 34.3 Å². The molecule has 0 radical (unpaired) electrons. The van der Waals surface area contributed by atoms with Crippen molar-refractivity contribution in [2.45, 2.75) is 0 Å². The highest BCUT2D eigenvalue weighted by atomic mass is 16.7. The lowest BCUT2D eigenvalue weighted by atomic mass is 10.1. The molecule has 34 heavy (non-hydrogen) atoms. The fourth-order valence-electron chi connectivity index (χ4n) is 2.86. The largest absolute Gasteiger partial charge is 0.465 e. The highest BCUT2D eigenvalue weighted by molar-refractivity contribution is 6.00. The van der Waals surface area contributed by atoms with Crippen molar-refractivity contribution in [3.8, 4) is 11.5 Å². The number of nitrogens with one attached hydrogen (secondary N) is 2. The summed E-state index contributed by atoms with van der Waals surface area (Å²) in [4.78, 5) is 59.9. The number of methoxy groups -OCH3 is 2. The third-order valence-electron chi connectivity index (χ3n) is 4.45. The van der Waals surface area contributed by atoms with Crippen LogP contribution < -0.4 is 20.1 Å². The summed E-state index contributed by atoms with van der Waals surface area (Å²) in [6.07, 6.45) is 0. The molecule has 1 aliphatic rings. The molecule has 2 amide bonds. The number of fused-ring (bicyclic) bond motifs is 1. The first-order chi connectivity index (χ1) is 16.3. The lowest BCUT2D eigenvalue weighted by Gasteiger charge is -2.10. The second-order valence-electron chi connectivity index (χ2n) is 6.74. The van der Waals surface area contributed by atoms with E-state index in [1.807, 2.05) is 0 Å². The van der Waals surface area contributed by atoms with Crippen molar-refractivity contribution in [2.24, 2.45) is 0 Å². The van der Waals surface area contributed by atoms with Gasteiger partial charge >= 0.3 is 17.9 Å². The first kappa shape index (κ1) is 24.0. The molecule has 0 aromatic heterocycles. The van der Waals surface area contributed by atoms with E-state index in [1.54, 1.807) is 6.07 Å². The van der Waals surface area contributed by atoms with E-state index in [9.17, 15) is 24.0 Å². The van der Waals surface area contributed by atoms with Gasteiger partial charge in [-0.25, -0.2) is 9.59 Å². The average Bonchev–Trinajstić information content (AvgIpc) is 3.32. The number of hydrogen-bond acceptors (Lipinski definition) is 10. The summed E-state index contributed by atoms with van der Waals surface area (Å²) < 4.78 is 24.4. The van der Waals surface area contributed by atoms with E-state index >= 15 is 0 Å². The van der Waals surface area contributed by atoms with E-state index in [0.29, 0.717) is 11.5 Å². The number of rotatable bonds is 8. The third-order valence-corrected chi connectivity index (χ3v) is 4.45. The lowest BCUT2D eigenvalue weighted by Crippen LogP contribution is -2.32. The van der Waals surface area contributed by atoms with Crippen molar-refractivity contribution in [1.82, 2.24) is 5.32 Å². The van der Waals surface area contributed by atoms with E-state index in [-0.39, 0.29) is 29.2 Å². The zero-order valence-electron chi connectivity index (χ0n) is 18.2. The zero-order valence-corrected chi connectivity index (χ0v) is 18.2. The predicted octanol–water partition coefficient (Wildman–Crippen LogP) is 0.900. The third kappa shape index (κ3) is 6.00. The molecule has 0 atom stereocenters. The molecule has 1 aliphatic heterocycles. The van der Waals surface area contributed by atoms with Crippen LogP contribution in [0.3, 0.4) is 0 Å². The quantitative estimate of drug-likeness (QED) is 0.418. The Morgan fingerprint density at radius 1 is 0.853 bits per heavy atom. The van der Waals surface area contributed by atoms with Crippen LogP contribution in [-0.4, -0.2) is 63.9 Å². The van der Waals surface area contributed by atoms with Crippen LogP contribution in [0, 0.1) is 0 Å². The molecule has 2 aromatic carbocycles. The normalized spacial score (nSPS) is 11.2. The van der Waals surface area contributed by atoms with Gasteiger partial charge in [0.05, 0.1) is 25.3 Å². The molecule has 178 valence electrons. The number of amides is 2. The van der Waals surface area contributed by atoms with Crippen LogP contribution in [0.4, 0.5) is 5.69 Å². The number of ether oxygens (including phenoxy) is 5. The first-order valence-electron chi connectivity index (χ1n) is 9.75. The van der Waals surface area contributed by atoms with Crippen LogP contribution in [0.15, 0.2) is 36.4 Å². The van der Waals surface area contributed by atoms with E-state index in [0.717, 1.165) is 14.2 Å². The van der Waals surface area contributed by atoms with Crippen molar-refractivity contribution in [3.63, 3.8) is 0 Å². The number of anilines is 1. The Bertz CT molecular complexity index is 1110. The second-order valence-corrected chi connectivity index (χ2v) is 6.74. The minimum Gasteiger partial charge on any atom is -0.465 e. The van der Waals surface area contributed by atoms with Gasteiger partial charge in [0.15, 0.2) is 18.1 Å². The molecule has 0 aliphatic carbocycles. The molecule has 0 saturated carbocycles. The standard InChI is InChI=1S/C22H20N2O10/c1-30-21(28)13-5-14(22(29)31-2)7-15(6-13)24-18(25)10-32-19(26)9-23-20(27)12-3-4-16-17(8-12)34-11-33-16/h3-8H,9-11H2,1-2H3,(H,23,27)(H,24,25). The van der Waals surface area contributed by atoms with Crippen LogP contribution in [0.1, 0.15) is 31.1 Å². The van der Waals surface area contributed by atoms with E-state index in [2.05, 4.69) is 20.1 Å². The summed E-state index contributed by atoms with van der Waals surface area (Å²) in [5, 5.41) is 4.78. The number of carbonyl (C=O) groups excluding carboxylic acids is 5. The number of benzene rings is 2. The summed E-state index contributed by atoms with van der Waals surface area (Å²) in [6, 6.07) is 8.36. The Balaban J connectivity index is 1.51. The van der Waals surface area contributed by atoms with E-state index in [1.165, 1.54) is 30.3 Å². The summed E-state index contributed by atoms with van der Waals surface area (Å²) in [5.74, 6) is -2.68. The zero-order chi connectivity index (χ0) is 24.7. The van der Waals surface area contributed by atoms with Gasteiger partial charge in [-0.2, -0.15) is 0 Å². The van der Waals surface area contributed by atoms with Crippen LogP contribution in [-0.2, 0) is 23.8 Å². The van der Waals surface area contributed by atoms with Gasteiger partial charge in [-0.1, -0.05) is 0 Å². The maximum Gasteiger partial charge on any atom is 0.337 e. The Hall–Kier alpha value is -4.61. The summed E-state index contributed by atoms with van der Waals surface area (Å²) >= 11 is 0. The minimum atomic E-state index is -0.859. The fraction of sp³-hybridized carbons (Fsp3) is 0.227. The van der Waals surface area contributed by atoms with Crippen LogP contribution >= 0.6 is 0 Å². The van der Waals surface area contributed by atoms with Gasteiger partial charge in [0, 0.05) is 11.3 Å². The molecule has 12 nitrogen and oxygen atoms in total. The van der Waals surface area contributed by atoms with Crippen molar-refractivity contribution >= 4 is 35.4 Å². The van der Waals surface area contributed by atoms with E-state index in [4.69, 9.17) is 14.2 Å². The SMILES string of the molecule is COC(=O)c1cc(NC(=O)COC(=O)CNC(=O)c2ccc3c(c2)OCO3)cc(C(=O)OC)c1. The van der Waals surface area contributed by atoms with Crippen LogP contribution in [0.5, 0.6) is 11.5 Å². The maximum atomic E-state index is 12.2. The number of hydrogen-bond donors (Lipinski definition) is 2. The molecule has 2 N–H and O–H groups in total. The smallest absolute Gasteiger partial charge is 0.337 e. The second kappa shape index (κ2) is 10.8. The highest BCUT2D eigenvalue weighted by Gasteiger charge is 2.18. The molecule has 0 unspecified atom stereocenters. The van der Waals surface area contributed by atoms with Gasteiger partial charge in [-0.05, 0) is 36.4 Å². The van der Waals surface area contributed by atoms with Gasteiger partial charge in [0.25, 0.3) is 11.8 Å². The minimum absolute atomic E-state index is 0.00363. The average molecular weight is 472 g/mol. The van der Waals surface area contributed by atoms with Crippen molar-refractivity contribution in [3.05, 3.63) is 53.1 Å². The number of esters is 3. The Morgan fingerprint density at radius 2 is 1.50 bits per heavy atom. The molecule has 2 aromatic rings. The molecular formula is C22H20N2O10. The van der Waals surface area contributed by atoms with E-state index < -0.39 is 42.9 Å². The Kier molecular flexibility index (Phi) is 7.64. The van der Waals surface area contributed by atoms with Gasteiger partial charge in [-0.3, -0.25) is 14.4 Å². The molecule has 3 rings (SSSR count). The van der Waals surface area contributed by atoms with Crippen LogP contribution in [0.2, 0.25) is 0 Å². The summed E-state index contributed by atoms with van der Waals surface area (Å²) in [6.45, 7) is -1.09. The van der Waals surface area contributed by atoms with Crippen molar-refractivity contribution in [2.75, 3.05) is 39.5 Å². The van der Waals surface area contributed by atoms with Crippen molar-refractivity contribution < 1.29 is 47.7 Å². The summed E-state index contributed by atoms with van der Waals surface area (Å²) in [5.41, 5.74) is 0.343. The lowest BCUT2D eigenvalue weighted by molar-refractivity contribution is -0.146. The Labute approximate surface area is 193 Å². The van der Waals surface area contributed by atoms with Gasteiger partial charge in [0.2, 0.25) is 6.79 Å². The highest BCUT2D eigenvalue weighted by Crippen LogP contribution is 2.32. The molecular weight excluding hydrogens is 452 g/mol.